The SMILES string of the molecule is CCOc1ccc(-n2cc(CO)c(C)n2)cc1. The molecule has 0 unspecified atom stereocenters. The second kappa shape index (κ2) is 5.01. The fourth-order valence-electron chi connectivity index (χ4n) is 1.64. The van der Waals surface area contributed by atoms with E-state index in [2.05, 4.69) is 5.10 Å². The zero-order valence-corrected chi connectivity index (χ0v) is 10.1. The lowest BCUT2D eigenvalue weighted by molar-refractivity contribution is 0.281. The summed E-state index contributed by atoms with van der Waals surface area (Å²) in [5.41, 5.74) is 2.65. The van der Waals surface area contributed by atoms with Gasteiger partial charge in [-0.05, 0) is 38.1 Å². The minimum absolute atomic E-state index is 0.0167. The van der Waals surface area contributed by atoms with Crippen LogP contribution in [-0.4, -0.2) is 21.5 Å². The van der Waals surface area contributed by atoms with Crippen molar-refractivity contribution in [3.63, 3.8) is 0 Å². The Bertz CT molecular complexity index is 489. The molecule has 2 aromatic rings. The molecule has 1 heterocycles. The standard InChI is InChI=1S/C13H16N2O2/c1-3-17-13-6-4-12(5-7-13)15-8-11(9-16)10(2)14-15/h4-8,16H,3,9H2,1-2H3. The molecule has 1 aromatic carbocycles. The average Bonchev–Trinajstić information content (AvgIpc) is 2.72. The van der Waals surface area contributed by atoms with E-state index in [0.717, 1.165) is 22.7 Å². The molecular formula is C13H16N2O2. The normalized spacial score (nSPS) is 10.5. The van der Waals surface area contributed by atoms with Gasteiger partial charge in [-0.15, -0.1) is 0 Å². The summed E-state index contributed by atoms with van der Waals surface area (Å²) in [5.74, 6) is 0.850. The predicted octanol–water partition coefficient (Wildman–Crippen LogP) is 2.07. The number of aliphatic hydroxyl groups excluding tert-OH is 1. The molecule has 17 heavy (non-hydrogen) atoms. The predicted molar refractivity (Wildman–Crippen MR) is 65.4 cm³/mol. The molecule has 2 rings (SSSR count). The highest BCUT2D eigenvalue weighted by Crippen LogP contribution is 2.16. The third-order valence-corrected chi connectivity index (χ3v) is 2.58. The number of rotatable bonds is 4. The molecule has 0 spiro atoms. The van der Waals surface area contributed by atoms with Crippen LogP contribution in [0, 0.1) is 6.92 Å². The second-order valence-electron chi connectivity index (χ2n) is 3.77. The highest BCUT2D eigenvalue weighted by molar-refractivity contribution is 5.37. The van der Waals surface area contributed by atoms with E-state index in [9.17, 15) is 0 Å². The molecule has 0 aliphatic heterocycles. The van der Waals surface area contributed by atoms with Crippen LogP contribution in [0.4, 0.5) is 0 Å². The Morgan fingerprint density at radius 2 is 2.00 bits per heavy atom. The molecule has 0 aliphatic rings. The molecule has 4 heteroatoms. The van der Waals surface area contributed by atoms with Gasteiger partial charge in [0.1, 0.15) is 5.75 Å². The summed E-state index contributed by atoms with van der Waals surface area (Å²) in [5, 5.41) is 13.5. The van der Waals surface area contributed by atoms with Crippen LogP contribution in [-0.2, 0) is 6.61 Å². The lowest BCUT2D eigenvalue weighted by Crippen LogP contribution is -1.96. The van der Waals surface area contributed by atoms with E-state index in [4.69, 9.17) is 9.84 Å². The molecule has 0 bridgehead atoms. The van der Waals surface area contributed by atoms with Gasteiger partial charge in [0.15, 0.2) is 0 Å². The fourth-order valence-corrected chi connectivity index (χ4v) is 1.64. The smallest absolute Gasteiger partial charge is 0.119 e. The van der Waals surface area contributed by atoms with E-state index >= 15 is 0 Å². The van der Waals surface area contributed by atoms with E-state index < -0.39 is 0 Å². The fraction of sp³-hybridized carbons (Fsp3) is 0.308. The summed E-state index contributed by atoms with van der Waals surface area (Å²) in [7, 11) is 0. The summed E-state index contributed by atoms with van der Waals surface area (Å²) in [6.45, 7) is 4.52. The zero-order valence-electron chi connectivity index (χ0n) is 10.1. The van der Waals surface area contributed by atoms with E-state index in [-0.39, 0.29) is 6.61 Å². The Morgan fingerprint density at radius 3 is 2.53 bits per heavy atom. The van der Waals surface area contributed by atoms with Crippen LogP contribution in [0.3, 0.4) is 0 Å². The first kappa shape index (κ1) is 11.7. The number of aromatic nitrogens is 2. The highest BCUT2D eigenvalue weighted by Gasteiger charge is 2.05. The van der Waals surface area contributed by atoms with Crippen molar-refractivity contribution in [3.8, 4) is 11.4 Å². The van der Waals surface area contributed by atoms with Gasteiger partial charge >= 0.3 is 0 Å². The molecule has 0 saturated heterocycles. The molecule has 4 nitrogen and oxygen atoms in total. The number of hydrogen-bond acceptors (Lipinski definition) is 3. The molecule has 1 N–H and O–H groups in total. The maximum absolute atomic E-state index is 9.12. The van der Waals surface area contributed by atoms with Crippen LogP contribution in [0.25, 0.3) is 5.69 Å². The number of aliphatic hydroxyl groups is 1. The lowest BCUT2D eigenvalue weighted by Gasteiger charge is -2.04. The minimum Gasteiger partial charge on any atom is -0.494 e. The van der Waals surface area contributed by atoms with Gasteiger partial charge in [-0.2, -0.15) is 5.10 Å². The zero-order chi connectivity index (χ0) is 12.3. The highest BCUT2D eigenvalue weighted by atomic mass is 16.5. The van der Waals surface area contributed by atoms with Gasteiger partial charge in [0, 0.05) is 11.8 Å². The van der Waals surface area contributed by atoms with Crippen LogP contribution >= 0.6 is 0 Å². The number of aryl methyl sites for hydroxylation is 1. The monoisotopic (exact) mass is 232 g/mol. The van der Waals surface area contributed by atoms with Crippen LogP contribution in [0.15, 0.2) is 30.5 Å². The van der Waals surface area contributed by atoms with Gasteiger partial charge in [0.2, 0.25) is 0 Å². The van der Waals surface area contributed by atoms with Gasteiger partial charge in [-0.1, -0.05) is 0 Å². The van der Waals surface area contributed by atoms with E-state index in [1.807, 2.05) is 44.3 Å². The molecule has 0 amide bonds. The van der Waals surface area contributed by atoms with Gasteiger partial charge < -0.3 is 9.84 Å². The van der Waals surface area contributed by atoms with E-state index in [0.29, 0.717) is 6.61 Å². The third-order valence-electron chi connectivity index (χ3n) is 2.58. The summed E-state index contributed by atoms with van der Waals surface area (Å²) in [4.78, 5) is 0. The number of benzene rings is 1. The first-order valence-corrected chi connectivity index (χ1v) is 5.64. The summed E-state index contributed by atoms with van der Waals surface area (Å²) in [6, 6.07) is 7.71. The minimum atomic E-state index is 0.0167. The van der Waals surface area contributed by atoms with Crippen molar-refractivity contribution < 1.29 is 9.84 Å². The van der Waals surface area contributed by atoms with Crippen LogP contribution in [0.2, 0.25) is 0 Å². The molecule has 0 saturated carbocycles. The Morgan fingerprint density at radius 1 is 1.29 bits per heavy atom. The molecule has 90 valence electrons. The van der Waals surface area contributed by atoms with Crippen molar-refractivity contribution >= 4 is 0 Å². The molecule has 0 atom stereocenters. The number of ether oxygens (including phenoxy) is 1. The van der Waals surface area contributed by atoms with Gasteiger partial charge in [0.05, 0.1) is 24.6 Å². The van der Waals surface area contributed by atoms with Crippen molar-refractivity contribution in [1.29, 1.82) is 0 Å². The van der Waals surface area contributed by atoms with Gasteiger partial charge in [0.25, 0.3) is 0 Å². The summed E-state index contributed by atoms with van der Waals surface area (Å²) >= 11 is 0. The summed E-state index contributed by atoms with van der Waals surface area (Å²) < 4.78 is 7.14. The number of nitrogens with zero attached hydrogens (tertiary/aromatic N) is 2. The molecule has 1 aromatic heterocycles. The van der Waals surface area contributed by atoms with Crippen molar-refractivity contribution in [1.82, 2.24) is 9.78 Å². The third kappa shape index (κ3) is 2.47. The summed E-state index contributed by atoms with van der Waals surface area (Å²) in [6.07, 6.45) is 1.84. The molecule has 0 fully saturated rings. The Balaban J connectivity index is 2.26. The van der Waals surface area contributed by atoms with Crippen LogP contribution in [0.5, 0.6) is 5.75 Å². The average molecular weight is 232 g/mol. The topological polar surface area (TPSA) is 47.3 Å². The van der Waals surface area contributed by atoms with Crippen molar-refractivity contribution in [3.05, 3.63) is 41.7 Å². The van der Waals surface area contributed by atoms with Crippen LogP contribution in [0.1, 0.15) is 18.2 Å². The van der Waals surface area contributed by atoms with Crippen LogP contribution < -0.4 is 4.74 Å². The first-order valence-electron chi connectivity index (χ1n) is 5.64. The van der Waals surface area contributed by atoms with Gasteiger partial charge in [-0.25, -0.2) is 4.68 Å². The molecular weight excluding hydrogens is 216 g/mol. The number of hydrogen-bond donors (Lipinski definition) is 1. The Kier molecular flexibility index (Phi) is 3.44. The van der Waals surface area contributed by atoms with E-state index in [1.165, 1.54) is 0 Å². The van der Waals surface area contributed by atoms with Gasteiger partial charge in [-0.3, -0.25) is 0 Å². The Hall–Kier alpha value is -1.81. The molecule has 0 radical (unpaired) electrons. The first-order chi connectivity index (χ1) is 8.24. The largest absolute Gasteiger partial charge is 0.494 e. The van der Waals surface area contributed by atoms with E-state index in [1.54, 1.807) is 4.68 Å². The lowest BCUT2D eigenvalue weighted by atomic mass is 10.3. The molecule has 0 aliphatic carbocycles. The quantitative estimate of drug-likeness (QED) is 0.877. The maximum atomic E-state index is 9.12. The Labute approximate surface area is 100 Å². The van der Waals surface area contributed by atoms with Crippen molar-refractivity contribution in [2.24, 2.45) is 0 Å². The van der Waals surface area contributed by atoms with Crippen molar-refractivity contribution in [2.75, 3.05) is 6.61 Å². The maximum Gasteiger partial charge on any atom is 0.119 e. The van der Waals surface area contributed by atoms with Crippen molar-refractivity contribution in [2.45, 2.75) is 20.5 Å². The second-order valence-corrected chi connectivity index (χ2v) is 3.77.